The number of benzene rings is 3. The number of nitrogens with one attached hydrogen (secondary N) is 1. The number of methoxy groups -OCH3 is 1. The Morgan fingerprint density at radius 3 is 2.41 bits per heavy atom. The van der Waals surface area contributed by atoms with Gasteiger partial charge in [-0.2, -0.15) is 0 Å². The van der Waals surface area contributed by atoms with Crippen LogP contribution in [0.25, 0.3) is 6.08 Å². The van der Waals surface area contributed by atoms with Gasteiger partial charge < -0.3 is 14.8 Å². The lowest BCUT2D eigenvalue weighted by Gasteiger charge is -2.12. The van der Waals surface area contributed by atoms with Gasteiger partial charge in [0.25, 0.3) is 5.91 Å². The topological polar surface area (TPSA) is 59.9 Å². The number of amidine groups is 1. The van der Waals surface area contributed by atoms with Crippen molar-refractivity contribution < 1.29 is 14.3 Å². The fourth-order valence-electron chi connectivity index (χ4n) is 3.00. The second kappa shape index (κ2) is 11.5. The van der Waals surface area contributed by atoms with Crippen molar-refractivity contribution in [3.8, 4) is 11.5 Å². The number of halogens is 4. The number of thioether (sulfide) groups is 1. The molecular formula is C24H16Cl2I2N2O3S. The van der Waals surface area contributed by atoms with E-state index in [-0.39, 0.29) is 5.91 Å². The Kier molecular flexibility index (Phi) is 8.67. The van der Waals surface area contributed by atoms with Gasteiger partial charge in [0.1, 0.15) is 18.1 Å². The summed E-state index contributed by atoms with van der Waals surface area (Å²) in [5.41, 5.74) is 2.48. The lowest BCUT2D eigenvalue weighted by atomic mass is 10.2. The summed E-state index contributed by atoms with van der Waals surface area (Å²) in [5, 5.41) is 4.50. The van der Waals surface area contributed by atoms with Gasteiger partial charge in [-0.15, -0.1) is 0 Å². The van der Waals surface area contributed by atoms with Crippen molar-refractivity contribution in [3.05, 3.63) is 87.8 Å². The zero-order valence-corrected chi connectivity index (χ0v) is 24.2. The summed E-state index contributed by atoms with van der Waals surface area (Å²) in [6.07, 6.45) is 1.85. The third kappa shape index (κ3) is 6.39. The van der Waals surface area contributed by atoms with Crippen LogP contribution in [-0.4, -0.2) is 18.2 Å². The molecule has 4 rings (SSSR count). The van der Waals surface area contributed by atoms with Crippen LogP contribution in [0.5, 0.6) is 11.5 Å². The smallest absolute Gasteiger partial charge is 0.264 e. The monoisotopic (exact) mass is 736 g/mol. The molecule has 1 heterocycles. The van der Waals surface area contributed by atoms with Crippen LogP contribution in [0.1, 0.15) is 11.1 Å². The Labute approximate surface area is 238 Å². The number of hydrogen-bond donors (Lipinski definition) is 1. The highest BCUT2D eigenvalue weighted by Crippen LogP contribution is 2.34. The lowest BCUT2D eigenvalue weighted by molar-refractivity contribution is -0.115. The molecule has 0 radical (unpaired) electrons. The number of nitrogens with zero attached hydrogens (tertiary/aromatic N) is 1. The van der Waals surface area contributed by atoms with E-state index in [4.69, 9.17) is 32.7 Å². The Hall–Kier alpha value is -1.47. The molecule has 174 valence electrons. The van der Waals surface area contributed by atoms with Crippen LogP contribution in [0.15, 0.2) is 64.5 Å². The van der Waals surface area contributed by atoms with Gasteiger partial charge in [-0.25, -0.2) is 4.99 Å². The highest BCUT2D eigenvalue weighted by molar-refractivity contribution is 14.1. The maximum Gasteiger partial charge on any atom is 0.264 e. The molecule has 10 heteroatoms. The molecule has 1 fully saturated rings. The average molecular weight is 737 g/mol. The molecule has 3 aromatic carbocycles. The summed E-state index contributed by atoms with van der Waals surface area (Å²) in [4.78, 5) is 17.6. The van der Waals surface area contributed by atoms with Gasteiger partial charge in [-0.1, -0.05) is 29.3 Å². The van der Waals surface area contributed by atoms with E-state index in [0.717, 1.165) is 35.5 Å². The van der Waals surface area contributed by atoms with Gasteiger partial charge in [0.2, 0.25) is 0 Å². The van der Waals surface area contributed by atoms with Crippen molar-refractivity contribution in [1.82, 2.24) is 5.32 Å². The molecule has 0 aromatic heterocycles. The van der Waals surface area contributed by atoms with Crippen molar-refractivity contribution in [2.75, 3.05) is 7.11 Å². The van der Waals surface area contributed by atoms with E-state index in [2.05, 4.69) is 55.5 Å². The molecule has 5 nitrogen and oxygen atoms in total. The highest BCUT2D eigenvalue weighted by Gasteiger charge is 2.24. The summed E-state index contributed by atoms with van der Waals surface area (Å²) < 4.78 is 13.1. The second-order valence-electron chi connectivity index (χ2n) is 7.02. The van der Waals surface area contributed by atoms with Crippen LogP contribution >= 0.6 is 80.1 Å². The number of hydrogen-bond acceptors (Lipinski definition) is 5. The standard InChI is InChI=1S/C24H16Cl2I2N2O3S/c1-32-17-6-4-16(5-7-17)29-24-30-23(31)21(34-24)10-13-8-19(27)22(20(28)9-13)33-12-14-2-3-15(25)11-18(14)26/h2-11H,12H2,1H3,(H,29,30,31)/b21-10+. The van der Waals surface area contributed by atoms with Crippen molar-refractivity contribution in [2.24, 2.45) is 4.99 Å². The van der Waals surface area contributed by atoms with Crippen LogP contribution < -0.4 is 14.8 Å². The van der Waals surface area contributed by atoms with E-state index in [1.165, 1.54) is 11.8 Å². The van der Waals surface area contributed by atoms with Gasteiger partial charge in [-0.05, 0) is 117 Å². The molecule has 0 aliphatic carbocycles. The Morgan fingerprint density at radius 2 is 1.76 bits per heavy atom. The zero-order chi connectivity index (χ0) is 24.2. The Bertz CT molecular complexity index is 1290. The highest BCUT2D eigenvalue weighted by atomic mass is 127. The molecule has 1 aliphatic heterocycles. The minimum absolute atomic E-state index is 0.181. The predicted molar refractivity (Wildman–Crippen MR) is 156 cm³/mol. The SMILES string of the molecule is COc1ccc(N=C2NC(=O)/C(=C\c3cc(I)c(OCc4ccc(Cl)cc4Cl)c(I)c3)S2)cc1. The van der Waals surface area contributed by atoms with E-state index in [1.54, 1.807) is 19.2 Å². The number of carbonyl (C=O) groups excluding carboxylic acids is 1. The molecule has 0 unspecified atom stereocenters. The number of carbonyl (C=O) groups is 1. The minimum Gasteiger partial charge on any atom is -0.497 e. The quantitative estimate of drug-likeness (QED) is 0.209. The number of amides is 1. The molecule has 1 amide bonds. The predicted octanol–water partition coefficient (Wildman–Crippen LogP) is 7.68. The third-order valence-corrected chi connectivity index (χ3v) is 7.76. The van der Waals surface area contributed by atoms with Gasteiger partial charge in [-0.3, -0.25) is 4.79 Å². The molecule has 0 bridgehead atoms. The molecular weight excluding hydrogens is 721 g/mol. The first-order valence-corrected chi connectivity index (χ1v) is 13.5. The number of ether oxygens (including phenoxy) is 2. The van der Waals surface area contributed by atoms with Gasteiger partial charge in [0, 0.05) is 15.6 Å². The second-order valence-corrected chi connectivity index (χ2v) is 11.2. The molecule has 1 aliphatic rings. The Morgan fingerprint density at radius 1 is 1.06 bits per heavy atom. The molecule has 0 saturated carbocycles. The van der Waals surface area contributed by atoms with Crippen LogP contribution in [0, 0.1) is 7.14 Å². The van der Waals surface area contributed by atoms with E-state index < -0.39 is 0 Å². The van der Waals surface area contributed by atoms with Gasteiger partial charge >= 0.3 is 0 Å². The fourth-order valence-corrected chi connectivity index (χ4v) is 6.43. The first kappa shape index (κ1) is 25.6. The molecule has 34 heavy (non-hydrogen) atoms. The Balaban J connectivity index is 1.49. The van der Waals surface area contributed by atoms with Crippen LogP contribution in [0.3, 0.4) is 0 Å². The molecule has 0 spiro atoms. The summed E-state index contributed by atoms with van der Waals surface area (Å²) in [6.45, 7) is 0.325. The largest absolute Gasteiger partial charge is 0.497 e. The summed E-state index contributed by atoms with van der Waals surface area (Å²) in [7, 11) is 1.61. The molecule has 1 saturated heterocycles. The molecule has 3 aromatic rings. The van der Waals surface area contributed by atoms with E-state index >= 15 is 0 Å². The lowest BCUT2D eigenvalue weighted by Crippen LogP contribution is -2.19. The molecule has 1 N–H and O–H groups in total. The fraction of sp³-hybridized carbons (Fsp3) is 0.0833. The third-order valence-electron chi connectivity index (χ3n) is 4.66. The normalized spacial score (nSPS) is 15.6. The van der Waals surface area contributed by atoms with Crippen molar-refractivity contribution >= 4 is 103 Å². The first-order valence-electron chi connectivity index (χ1n) is 9.82. The van der Waals surface area contributed by atoms with Gasteiger partial charge in [0.05, 0.1) is 24.8 Å². The summed E-state index contributed by atoms with van der Waals surface area (Å²) >= 11 is 18.0. The average Bonchev–Trinajstić information content (AvgIpc) is 3.13. The number of aliphatic imine (C=N–C) groups is 1. The minimum atomic E-state index is -0.181. The zero-order valence-electron chi connectivity index (χ0n) is 17.6. The summed E-state index contributed by atoms with van der Waals surface area (Å²) in [5.74, 6) is 1.33. The molecule has 0 atom stereocenters. The van der Waals surface area contributed by atoms with Gasteiger partial charge in [0.15, 0.2) is 5.17 Å². The van der Waals surface area contributed by atoms with E-state index in [9.17, 15) is 4.79 Å². The summed E-state index contributed by atoms with van der Waals surface area (Å²) in [6, 6.07) is 16.6. The maximum absolute atomic E-state index is 12.5. The van der Waals surface area contributed by atoms with Crippen LogP contribution in [0.2, 0.25) is 10.0 Å². The first-order chi connectivity index (χ1) is 16.3. The van der Waals surface area contributed by atoms with Crippen molar-refractivity contribution in [2.45, 2.75) is 6.61 Å². The maximum atomic E-state index is 12.5. The van der Waals surface area contributed by atoms with Crippen molar-refractivity contribution in [3.63, 3.8) is 0 Å². The van der Waals surface area contributed by atoms with Crippen LogP contribution in [0.4, 0.5) is 5.69 Å². The van der Waals surface area contributed by atoms with Crippen molar-refractivity contribution in [1.29, 1.82) is 0 Å². The van der Waals surface area contributed by atoms with E-state index in [1.807, 2.05) is 48.5 Å². The van der Waals surface area contributed by atoms with Crippen LogP contribution in [-0.2, 0) is 11.4 Å². The van der Waals surface area contributed by atoms with E-state index in [0.29, 0.717) is 26.7 Å². The number of rotatable bonds is 6.